The molecule has 0 aliphatic carbocycles. The monoisotopic (exact) mass is 331 g/mol. The summed E-state index contributed by atoms with van der Waals surface area (Å²) in [5, 5.41) is 0. The van der Waals surface area contributed by atoms with E-state index in [1.807, 2.05) is 72.8 Å². The molecule has 0 radical (unpaired) electrons. The smallest absolute Gasteiger partial charge is 0.249 e. The van der Waals surface area contributed by atoms with Crippen LogP contribution in [0.4, 0.5) is 0 Å². The third-order valence-electron chi connectivity index (χ3n) is 4.85. The second-order valence-corrected chi connectivity index (χ2v) is 6.57. The molecule has 0 saturated carbocycles. The van der Waals surface area contributed by atoms with Crippen LogP contribution < -0.4 is 0 Å². The summed E-state index contributed by atoms with van der Waals surface area (Å²) in [4.78, 5) is 19.2. The Kier molecular flexibility index (Phi) is 4.10. The van der Waals surface area contributed by atoms with Gasteiger partial charge in [-0.25, -0.2) is 4.98 Å². The molecule has 2 aromatic carbocycles. The van der Waals surface area contributed by atoms with Gasteiger partial charge in [0.15, 0.2) is 0 Å². The van der Waals surface area contributed by atoms with Gasteiger partial charge in [-0.1, -0.05) is 42.5 Å². The minimum absolute atomic E-state index is 0.121. The maximum Gasteiger partial charge on any atom is 0.249 e. The molecule has 1 aliphatic heterocycles. The van der Waals surface area contributed by atoms with Crippen molar-refractivity contribution in [2.45, 2.75) is 19.4 Å². The van der Waals surface area contributed by atoms with Crippen LogP contribution in [0.5, 0.6) is 0 Å². The minimum Gasteiger partial charge on any atom is -0.337 e. The number of aromatic nitrogens is 2. The molecular formula is C21H21N3O. The SMILES string of the molecule is CC(=Cc1ccccc1)C(=O)N1CCC(n2cnc3ccccc32)C1. The maximum atomic E-state index is 12.8. The Balaban J connectivity index is 1.50. The topological polar surface area (TPSA) is 38.1 Å². The lowest BCUT2D eigenvalue weighted by Crippen LogP contribution is -2.29. The van der Waals surface area contributed by atoms with Crippen LogP contribution in [-0.4, -0.2) is 33.4 Å². The summed E-state index contributed by atoms with van der Waals surface area (Å²) >= 11 is 0. The molecule has 0 spiro atoms. The van der Waals surface area contributed by atoms with E-state index in [0.29, 0.717) is 6.04 Å². The predicted molar refractivity (Wildman–Crippen MR) is 100 cm³/mol. The molecule has 0 bridgehead atoms. The lowest BCUT2D eigenvalue weighted by Gasteiger charge is -2.18. The van der Waals surface area contributed by atoms with Gasteiger partial charge in [0.2, 0.25) is 5.91 Å². The van der Waals surface area contributed by atoms with E-state index < -0.39 is 0 Å². The standard InChI is InChI=1S/C21H21N3O/c1-16(13-17-7-3-2-4-8-17)21(25)23-12-11-18(14-23)24-15-22-19-9-5-6-10-20(19)24/h2-10,13,15,18H,11-12,14H2,1H3. The van der Waals surface area contributed by atoms with Gasteiger partial charge >= 0.3 is 0 Å². The Morgan fingerprint density at radius 3 is 2.72 bits per heavy atom. The molecule has 126 valence electrons. The maximum absolute atomic E-state index is 12.8. The second kappa shape index (κ2) is 6.55. The van der Waals surface area contributed by atoms with Crippen LogP contribution in [0.2, 0.25) is 0 Å². The van der Waals surface area contributed by atoms with Crippen molar-refractivity contribution >= 4 is 23.0 Å². The second-order valence-electron chi connectivity index (χ2n) is 6.57. The van der Waals surface area contributed by atoms with Crippen LogP contribution >= 0.6 is 0 Å². The van der Waals surface area contributed by atoms with E-state index in [2.05, 4.69) is 15.6 Å². The normalized spacial score (nSPS) is 18.0. The van der Waals surface area contributed by atoms with Gasteiger partial charge in [-0.2, -0.15) is 0 Å². The largest absolute Gasteiger partial charge is 0.337 e. The van der Waals surface area contributed by atoms with E-state index in [4.69, 9.17) is 0 Å². The number of likely N-dealkylation sites (tertiary alicyclic amines) is 1. The summed E-state index contributed by atoms with van der Waals surface area (Å²) in [6.45, 7) is 3.42. The highest BCUT2D eigenvalue weighted by Crippen LogP contribution is 2.26. The number of carbonyl (C=O) groups is 1. The van der Waals surface area contributed by atoms with Gasteiger partial charge in [0.25, 0.3) is 0 Å². The number of carbonyl (C=O) groups excluding carboxylic acids is 1. The fraction of sp³-hybridized carbons (Fsp3) is 0.238. The lowest BCUT2D eigenvalue weighted by molar-refractivity contribution is -0.126. The number of fused-ring (bicyclic) bond motifs is 1. The summed E-state index contributed by atoms with van der Waals surface area (Å²) in [6, 6.07) is 18.4. The van der Waals surface area contributed by atoms with Gasteiger partial charge in [-0.3, -0.25) is 4.79 Å². The summed E-state index contributed by atoms with van der Waals surface area (Å²) in [6.07, 6.45) is 4.82. The molecule has 1 fully saturated rings. The van der Waals surface area contributed by atoms with Gasteiger partial charge in [0, 0.05) is 18.7 Å². The van der Waals surface area contributed by atoms with Crippen molar-refractivity contribution in [2.24, 2.45) is 0 Å². The first-order chi connectivity index (χ1) is 12.2. The number of nitrogens with zero attached hydrogens (tertiary/aromatic N) is 3. The van der Waals surface area contributed by atoms with Crippen molar-refractivity contribution in [1.82, 2.24) is 14.5 Å². The number of hydrogen-bond donors (Lipinski definition) is 0. The van der Waals surface area contributed by atoms with Crippen molar-refractivity contribution in [3.63, 3.8) is 0 Å². The Morgan fingerprint density at radius 2 is 1.88 bits per heavy atom. The molecule has 1 saturated heterocycles. The Bertz CT molecular complexity index is 926. The third kappa shape index (κ3) is 3.07. The number of para-hydroxylation sites is 2. The number of benzene rings is 2. The lowest BCUT2D eigenvalue weighted by atomic mass is 10.1. The first-order valence-electron chi connectivity index (χ1n) is 8.66. The van der Waals surface area contributed by atoms with Gasteiger partial charge in [-0.15, -0.1) is 0 Å². The molecule has 4 heteroatoms. The number of hydrogen-bond acceptors (Lipinski definition) is 2. The fourth-order valence-electron chi connectivity index (χ4n) is 3.53. The van der Waals surface area contributed by atoms with Crippen LogP contribution in [-0.2, 0) is 4.79 Å². The molecule has 1 unspecified atom stereocenters. The van der Waals surface area contributed by atoms with Gasteiger partial charge in [0.1, 0.15) is 0 Å². The Labute approximate surface area is 147 Å². The summed E-state index contributed by atoms with van der Waals surface area (Å²) in [7, 11) is 0. The number of imidazole rings is 1. The molecule has 1 aromatic heterocycles. The molecule has 3 aromatic rings. The summed E-state index contributed by atoms with van der Waals surface area (Å²) in [5.74, 6) is 0.121. The van der Waals surface area contributed by atoms with Crippen molar-refractivity contribution in [3.8, 4) is 0 Å². The Morgan fingerprint density at radius 1 is 1.12 bits per heavy atom. The van der Waals surface area contributed by atoms with Gasteiger partial charge < -0.3 is 9.47 Å². The molecule has 2 heterocycles. The van der Waals surface area contributed by atoms with Crippen molar-refractivity contribution in [3.05, 3.63) is 72.1 Å². The van der Waals surface area contributed by atoms with E-state index in [1.54, 1.807) is 0 Å². The van der Waals surface area contributed by atoms with Crippen LogP contribution in [0.3, 0.4) is 0 Å². The third-order valence-corrected chi connectivity index (χ3v) is 4.85. The van der Waals surface area contributed by atoms with E-state index in [-0.39, 0.29) is 5.91 Å². The number of amides is 1. The van der Waals surface area contributed by atoms with Crippen molar-refractivity contribution in [2.75, 3.05) is 13.1 Å². The number of rotatable bonds is 3. The highest BCUT2D eigenvalue weighted by Gasteiger charge is 2.28. The highest BCUT2D eigenvalue weighted by atomic mass is 16.2. The van der Waals surface area contributed by atoms with Crippen molar-refractivity contribution in [1.29, 1.82) is 0 Å². The van der Waals surface area contributed by atoms with E-state index in [9.17, 15) is 4.79 Å². The molecule has 1 amide bonds. The van der Waals surface area contributed by atoms with Gasteiger partial charge in [-0.05, 0) is 37.1 Å². The zero-order valence-corrected chi connectivity index (χ0v) is 14.3. The van der Waals surface area contributed by atoms with Crippen LogP contribution in [0, 0.1) is 0 Å². The summed E-state index contributed by atoms with van der Waals surface area (Å²) < 4.78 is 2.21. The fourth-order valence-corrected chi connectivity index (χ4v) is 3.53. The quantitative estimate of drug-likeness (QED) is 0.682. The van der Waals surface area contributed by atoms with Crippen LogP contribution in [0.1, 0.15) is 24.9 Å². The van der Waals surface area contributed by atoms with Crippen molar-refractivity contribution < 1.29 is 4.79 Å². The minimum atomic E-state index is 0.121. The molecule has 1 atom stereocenters. The summed E-state index contributed by atoms with van der Waals surface area (Å²) in [5.41, 5.74) is 3.98. The molecular weight excluding hydrogens is 310 g/mol. The van der Waals surface area contributed by atoms with Crippen LogP contribution in [0.25, 0.3) is 17.1 Å². The zero-order valence-electron chi connectivity index (χ0n) is 14.3. The highest BCUT2D eigenvalue weighted by molar-refractivity contribution is 5.97. The van der Waals surface area contributed by atoms with Crippen LogP contribution in [0.15, 0.2) is 66.5 Å². The Hall–Kier alpha value is -2.88. The van der Waals surface area contributed by atoms with E-state index in [1.165, 1.54) is 0 Å². The average molecular weight is 331 g/mol. The van der Waals surface area contributed by atoms with Gasteiger partial charge in [0.05, 0.1) is 23.4 Å². The molecule has 0 N–H and O–H groups in total. The molecule has 4 nitrogen and oxygen atoms in total. The van der Waals surface area contributed by atoms with E-state index >= 15 is 0 Å². The zero-order chi connectivity index (χ0) is 17.2. The molecule has 25 heavy (non-hydrogen) atoms. The van der Waals surface area contributed by atoms with E-state index in [0.717, 1.165) is 41.7 Å². The molecule has 4 rings (SSSR count). The molecule has 1 aliphatic rings. The first kappa shape index (κ1) is 15.6. The predicted octanol–water partition coefficient (Wildman–Crippen LogP) is 3.91. The average Bonchev–Trinajstić information content (AvgIpc) is 3.28. The first-order valence-corrected chi connectivity index (χ1v) is 8.66.